The van der Waals surface area contributed by atoms with Crippen molar-refractivity contribution >= 4 is 93.6 Å². The van der Waals surface area contributed by atoms with Crippen molar-refractivity contribution < 1.29 is 47.3 Å². The maximum absolute atomic E-state index is 11.8. The van der Waals surface area contributed by atoms with Gasteiger partial charge in [-0.1, -0.05) is 69.1 Å². The van der Waals surface area contributed by atoms with Gasteiger partial charge in [0.25, 0.3) is 5.22 Å². The molecular formula is C42H56ClN19O10S4. The number of tetrazole rings is 2. The molecule has 8 aromatic rings. The van der Waals surface area contributed by atoms with Gasteiger partial charge >= 0.3 is 23.9 Å². The number of nitrogens with zero attached hydrogens (tertiary/aromatic N) is 19. The van der Waals surface area contributed by atoms with Crippen LogP contribution >= 0.6 is 58.6 Å². The molecule has 2 aromatic carbocycles. The molecule has 0 radical (unpaired) electrons. The molecule has 0 atom stereocenters. The van der Waals surface area contributed by atoms with Crippen LogP contribution in [0.25, 0.3) is 11.0 Å². The number of hydrogen-bond acceptors (Lipinski definition) is 28. The van der Waals surface area contributed by atoms with Gasteiger partial charge in [-0.15, -0.1) is 35.7 Å². The van der Waals surface area contributed by atoms with Crippen LogP contribution in [0.1, 0.15) is 35.8 Å². The number of esters is 4. The number of aromatic nitrogens is 19. The van der Waals surface area contributed by atoms with Crippen LogP contribution < -0.4 is 4.74 Å². The molecule has 0 aliphatic heterocycles. The van der Waals surface area contributed by atoms with E-state index in [0.29, 0.717) is 62.0 Å². The van der Waals surface area contributed by atoms with Crippen LogP contribution in [-0.4, -0.2) is 177 Å². The molecule has 0 N–H and O–H groups in total. The van der Waals surface area contributed by atoms with E-state index < -0.39 is 24.5 Å². The Morgan fingerprint density at radius 1 is 0.671 bits per heavy atom. The number of benzene rings is 2. The summed E-state index contributed by atoms with van der Waals surface area (Å²) in [4.78, 5) is 49.8. The first-order valence-corrected chi connectivity index (χ1v) is 27.3. The summed E-state index contributed by atoms with van der Waals surface area (Å²) in [5, 5.41) is 51.5. The molecule has 0 unspecified atom stereocenters. The van der Waals surface area contributed by atoms with Crippen molar-refractivity contribution in [2.24, 2.45) is 21.1 Å². The van der Waals surface area contributed by atoms with Gasteiger partial charge in [-0.3, -0.25) is 14.2 Å². The molecule has 0 aliphatic carbocycles. The Morgan fingerprint density at radius 3 is 1.83 bits per heavy atom. The smallest absolute Gasteiger partial charge is 0.344 e. The standard InChI is InChI=1S/C12H13N3O4.C10H9ClN4O2S.C8H14N4O3S.C4H7N3S.C4H7N3.C4H6N2OS/c1-3-18-11(16)7-19-12(17)8-4-5-9-10(6-8)15(2)14-13-9;1-18-10-12-13-14-15(10)6-9(16)17-8-4-2-7(11)3-5-8;1-3-14-4-5-15-7(13)6-12-8(16-2)9-10-11-12;1-7-3-5-4(6-7)8-2;1-4-3-7(2)6-5-4;1-3-5-6-4(7-3)8-2/h4-6H,3,7H2,1-2H3;2-5H,6H2,1H3;3-6H2,1-2H3;3H,1-2H3;3H,1-2H3;1-2H3. The second kappa shape index (κ2) is 35.2. The lowest BCUT2D eigenvalue weighted by Gasteiger charge is -2.05. The third-order valence-corrected chi connectivity index (χ3v) is 10.9. The Labute approximate surface area is 457 Å². The molecule has 0 spiro atoms. The number of hydrogen-bond donors (Lipinski definition) is 0. The summed E-state index contributed by atoms with van der Waals surface area (Å²) in [5.74, 6) is -0.921. The Morgan fingerprint density at radius 2 is 1.34 bits per heavy atom. The molecule has 0 amide bonds. The van der Waals surface area contributed by atoms with Crippen molar-refractivity contribution in [3.8, 4) is 5.75 Å². The summed E-state index contributed by atoms with van der Waals surface area (Å²) in [6, 6.07) is 11.4. The van der Waals surface area contributed by atoms with E-state index in [-0.39, 0.29) is 32.3 Å². The number of carbonyl (C=O) groups is 4. The van der Waals surface area contributed by atoms with Gasteiger partial charge in [-0.25, -0.2) is 33.4 Å². The number of aryl methyl sites for hydroxylation is 5. The number of fused-ring (bicyclic) bond motifs is 1. The van der Waals surface area contributed by atoms with E-state index in [2.05, 4.69) is 76.7 Å². The fourth-order valence-electron chi connectivity index (χ4n) is 5.00. The highest BCUT2D eigenvalue weighted by Gasteiger charge is 2.14. The van der Waals surface area contributed by atoms with Crippen LogP contribution in [-0.2, 0) is 67.6 Å². The highest BCUT2D eigenvalue weighted by atomic mass is 35.5. The van der Waals surface area contributed by atoms with Crippen LogP contribution in [0.15, 0.2) is 80.1 Å². The van der Waals surface area contributed by atoms with Crippen molar-refractivity contribution in [2.75, 3.05) is 58.1 Å². The lowest BCUT2D eigenvalue weighted by molar-refractivity contribution is -0.147. The first-order chi connectivity index (χ1) is 36.5. The predicted molar refractivity (Wildman–Crippen MR) is 278 cm³/mol. The van der Waals surface area contributed by atoms with Gasteiger partial charge in [0.2, 0.25) is 21.4 Å². The van der Waals surface area contributed by atoms with Crippen LogP contribution in [0.2, 0.25) is 5.02 Å². The Hall–Kier alpha value is -7.07. The van der Waals surface area contributed by atoms with Gasteiger partial charge in [0.15, 0.2) is 6.61 Å². The molecule has 29 nitrogen and oxygen atoms in total. The molecule has 0 saturated carbocycles. The summed E-state index contributed by atoms with van der Waals surface area (Å²) in [6.45, 7) is 8.37. The van der Waals surface area contributed by atoms with Gasteiger partial charge in [0, 0.05) is 45.9 Å². The molecule has 0 fully saturated rings. The first-order valence-electron chi connectivity index (χ1n) is 22.0. The number of thioether (sulfide) groups is 4. The largest absolute Gasteiger partial charge is 0.463 e. The molecule has 0 aliphatic rings. The zero-order chi connectivity index (χ0) is 55.8. The van der Waals surface area contributed by atoms with Crippen LogP contribution in [0, 0.1) is 13.8 Å². The fourth-order valence-corrected chi connectivity index (χ4v) is 6.68. The minimum atomic E-state index is -0.587. The van der Waals surface area contributed by atoms with E-state index in [4.69, 9.17) is 35.0 Å². The summed E-state index contributed by atoms with van der Waals surface area (Å²) in [5.41, 5.74) is 2.69. The predicted octanol–water partition coefficient (Wildman–Crippen LogP) is 4.08. The van der Waals surface area contributed by atoms with E-state index in [1.807, 2.05) is 59.2 Å². The molecule has 6 heterocycles. The molecule has 6 aromatic heterocycles. The van der Waals surface area contributed by atoms with Gasteiger partial charge in [-0.2, -0.15) is 0 Å². The van der Waals surface area contributed by atoms with Crippen LogP contribution in [0.5, 0.6) is 5.75 Å². The molecule has 0 bridgehead atoms. The van der Waals surface area contributed by atoms with Crippen molar-refractivity contribution in [1.82, 2.24) is 95.4 Å². The van der Waals surface area contributed by atoms with Crippen LogP contribution in [0.3, 0.4) is 0 Å². The lowest BCUT2D eigenvalue weighted by Crippen LogP contribution is -2.17. The summed E-state index contributed by atoms with van der Waals surface area (Å²) in [6.07, 6.45) is 11.1. The fraction of sp³-hybridized carbons (Fsp3) is 0.429. The number of halogens is 1. The van der Waals surface area contributed by atoms with E-state index in [1.165, 1.54) is 44.6 Å². The number of rotatable bonds is 17. The third kappa shape index (κ3) is 24.1. The van der Waals surface area contributed by atoms with Crippen molar-refractivity contribution in [1.29, 1.82) is 0 Å². The van der Waals surface area contributed by atoms with Crippen molar-refractivity contribution in [3.05, 3.63) is 77.2 Å². The summed E-state index contributed by atoms with van der Waals surface area (Å²) < 4.78 is 37.3. The molecule has 0 saturated heterocycles. The van der Waals surface area contributed by atoms with Gasteiger partial charge in [-0.05, 0) is 109 Å². The first kappa shape index (κ1) is 63.2. The van der Waals surface area contributed by atoms with Crippen molar-refractivity contribution in [2.45, 2.75) is 61.5 Å². The zero-order valence-corrected chi connectivity index (χ0v) is 47.3. The highest BCUT2D eigenvalue weighted by Crippen LogP contribution is 2.17. The van der Waals surface area contributed by atoms with Gasteiger partial charge < -0.3 is 28.1 Å². The average Bonchev–Trinajstić information content (AvgIpc) is 4.31. The SMILES string of the molecule is CCOC(=O)COC(=O)c1ccc2nnn(C)c2c1.CCOCCOC(=O)Cn1nnnc1SC.CSc1ncn(C)n1.CSc1nnc(C)o1.CSc1nnnn1CC(=O)Oc1ccc(Cl)cc1.Cc1cn(C)nn1. The second-order valence-electron chi connectivity index (χ2n) is 14.0. The molecule has 76 heavy (non-hydrogen) atoms. The minimum Gasteiger partial charge on any atom is -0.463 e. The summed E-state index contributed by atoms with van der Waals surface area (Å²) >= 11 is 11.4. The number of ether oxygens (including phenoxy) is 5. The monoisotopic (exact) mass is 1150 g/mol. The molecule has 8 rings (SSSR count). The third-order valence-electron chi connectivity index (χ3n) is 8.29. The van der Waals surface area contributed by atoms with Gasteiger partial charge in [0.1, 0.15) is 37.3 Å². The lowest BCUT2D eigenvalue weighted by atomic mass is 10.2. The molecular weight excluding hydrogens is 1090 g/mol. The van der Waals surface area contributed by atoms with Gasteiger partial charge in [0.05, 0.1) is 30.0 Å². The normalized spacial score (nSPS) is 10.2. The quantitative estimate of drug-likeness (QED) is 0.0407. The molecule has 34 heteroatoms. The Kier molecular flexibility index (Phi) is 29.3. The maximum Gasteiger partial charge on any atom is 0.344 e. The van der Waals surface area contributed by atoms with E-state index in [0.717, 1.165) is 10.9 Å². The van der Waals surface area contributed by atoms with E-state index in [9.17, 15) is 19.2 Å². The minimum absolute atomic E-state index is 0.0231. The Bertz CT molecular complexity index is 2910. The topological polar surface area (TPSA) is 333 Å². The molecule has 410 valence electrons. The van der Waals surface area contributed by atoms with Crippen molar-refractivity contribution in [3.63, 3.8) is 0 Å². The van der Waals surface area contributed by atoms with E-state index in [1.54, 1.807) is 95.5 Å². The highest BCUT2D eigenvalue weighted by molar-refractivity contribution is 7.99. The second-order valence-corrected chi connectivity index (χ2v) is 17.5. The number of carbonyl (C=O) groups excluding carboxylic acids is 4. The Balaban J connectivity index is 0.000000250. The van der Waals surface area contributed by atoms with E-state index >= 15 is 0 Å². The maximum atomic E-state index is 11.8. The average molecular weight is 1150 g/mol. The van der Waals surface area contributed by atoms with Crippen LogP contribution in [0.4, 0.5) is 0 Å². The summed E-state index contributed by atoms with van der Waals surface area (Å²) in [7, 11) is 5.43. The zero-order valence-electron chi connectivity index (χ0n) is 43.2.